The average molecular weight is 812 g/mol. The van der Waals surface area contributed by atoms with Crippen LogP contribution in [0.3, 0.4) is 0 Å². The Morgan fingerprint density at radius 3 is 1.69 bits per heavy atom. The van der Waals surface area contributed by atoms with Gasteiger partial charge in [0, 0.05) is 47.7 Å². The molecular weight excluding hydrogens is 762 g/mol. The first kappa shape index (κ1) is 42.1. The number of ether oxygens (including phenoxy) is 1. The molecule has 6 atom stereocenters. The molecular formula is C35H50N5O11PS2. The topological polar surface area (TPSA) is 221 Å². The summed E-state index contributed by atoms with van der Waals surface area (Å²) < 4.78 is 75.5. The summed E-state index contributed by atoms with van der Waals surface area (Å²) in [6, 6.07) is 7.16. The van der Waals surface area contributed by atoms with Crippen LogP contribution in [0.15, 0.2) is 51.4 Å². The summed E-state index contributed by atoms with van der Waals surface area (Å²) in [6.45, 7) is 11.9. The fraction of sp³-hybridized carbons (Fsp3) is 0.571. The van der Waals surface area contributed by atoms with Crippen LogP contribution in [0.2, 0.25) is 0 Å². The van der Waals surface area contributed by atoms with Gasteiger partial charge < -0.3 is 14.5 Å². The number of sulfonamides is 2. The molecule has 2 aliphatic heterocycles. The lowest BCUT2D eigenvalue weighted by atomic mass is 9.94. The highest BCUT2D eigenvalue weighted by atomic mass is 32.2. The van der Waals surface area contributed by atoms with Crippen molar-refractivity contribution in [2.24, 2.45) is 34.8 Å². The third-order valence-electron chi connectivity index (χ3n) is 10.3. The molecule has 4 N–H and O–H groups in total. The number of hydrogen-bond donors (Lipinski definition) is 4. The van der Waals surface area contributed by atoms with Crippen LogP contribution in [-0.4, -0.2) is 80.2 Å². The zero-order valence-corrected chi connectivity index (χ0v) is 33.8. The molecule has 0 bridgehead atoms. The molecule has 298 valence electrons. The van der Waals surface area contributed by atoms with Crippen molar-refractivity contribution in [1.29, 1.82) is 0 Å². The molecule has 54 heavy (non-hydrogen) atoms. The Morgan fingerprint density at radius 2 is 1.30 bits per heavy atom. The third kappa shape index (κ3) is 9.14. The zero-order chi connectivity index (χ0) is 39.7. The normalized spacial score (nSPS) is 23.3. The number of fused-ring (bicyclic) bond motifs is 2. The van der Waals surface area contributed by atoms with E-state index in [1.54, 1.807) is 13.8 Å². The molecule has 2 heterocycles. The fourth-order valence-corrected chi connectivity index (χ4v) is 11.8. The van der Waals surface area contributed by atoms with Crippen molar-refractivity contribution in [3.8, 4) is 0 Å². The van der Waals surface area contributed by atoms with Crippen LogP contribution < -0.4 is 10.6 Å². The molecule has 5 rings (SSSR count). The van der Waals surface area contributed by atoms with E-state index >= 15 is 0 Å². The summed E-state index contributed by atoms with van der Waals surface area (Å²) in [6.07, 6.45) is 2.18. The van der Waals surface area contributed by atoms with Crippen LogP contribution >= 0.6 is 7.75 Å². The van der Waals surface area contributed by atoms with Crippen molar-refractivity contribution in [2.45, 2.75) is 76.6 Å². The first-order valence-corrected chi connectivity index (χ1v) is 22.5. The summed E-state index contributed by atoms with van der Waals surface area (Å²) in [4.78, 5) is 49.7. The van der Waals surface area contributed by atoms with E-state index in [-0.39, 0.29) is 55.6 Å². The lowest BCUT2D eigenvalue weighted by molar-refractivity contribution is -0.157. The maximum atomic E-state index is 14.0. The maximum Gasteiger partial charge on any atom is 0.401 e. The van der Waals surface area contributed by atoms with E-state index in [1.807, 2.05) is 32.8 Å². The van der Waals surface area contributed by atoms with Crippen molar-refractivity contribution in [2.75, 3.05) is 38.5 Å². The van der Waals surface area contributed by atoms with Gasteiger partial charge in [-0.25, -0.2) is 31.3 Å². The monoisotopic (exact) mass is 811 g/mol. The molecule has 0 aliphatic carbocycles. The number of esters is 1. The Hall–Kier alpha value is -3.06. The largest absolute Gasteiger partial charge is 0.435 e. The van der Waals surface area contributed by atoms with Gasteiger partial charge in [0.05, 0.1) is 15.5 Å². The van der Waals surface area contributed by atoms with Crippen LogP contribution in [0.25, 0.3) is 21.5 Å². The predicted molar refractivity (Wildman–Crippen MR) is 204 cm³/mol. The minimum atomic E-state index is -4.79. The maximum absolute atomic E-state index is 14.0. The Balaban J connectivity index is 1.58. The second-order valence-electron chi connectivity index (χ2n) is 15.1. The number of rotatable bonds is 14. The van der Waals surface area contributed by atoms with Crippen LogP contribution in [0.4, 0.5) is 11.4 Å². The highest BCUT2D eigenvalue weighted by Crippen LogP contribution is 2.44. The molecule has 3 aromatic rings. The second kappa shape index (κ2) is 16.6. The molecule has 2 fully saturated rings. The summed E-state index contributed by atoms with van der Waals surface area (Å²) in [5, 5.41) is 6.12. The minimum Gasteiger partial charge on any atom is -0.435 e. The van der Waals surface area contributed by atoms with E-state index in [0.717, 1.165) is 12.8 Å². The van der Waals surface area contributed by atoms with Crippen molar-refractivity contribution in [1.82, 2.24) is 13.7 Å². The highest BCUT2D eigenvalue weighted by Gasteiger charge is 2.35. The van der Waals surface area contributed by atoms with Gasteiger partial charge in [-0.05, 0) is 71.9 Å². The van der Waals surface area contributed by atoms with Gasteiger partial charge in [0.2, 0.25) is 26.8 Å². The van der Waals surface area contributed by atoms with E-state index in [2.05, 4.69) is 10.7 Å². The number of nitrogens with one attached hydrogen (secondary N) is 2. The van der Waals surface area contributed by atoms with Crippen molar-refractivity contribution in [3.63, 3.8) is 0 Å². The van der Waals surface area contributed by atoms with E-state index < -0.39 is 52.5 Å². The van der Waals surface area contributed by atoms with Crippen LogP contribution in [0.1, 0.15) is 60.8 Å². The van der Waals surface area contributed by atoms with Gasteiger partial charge in [-0.15, -0.1) is 4.91 Å². The number of carbonyl (C=O) groups is 1. The quantitative estimate of drug-likeness (QED) is 0.0294. The Labute approximate surface area is 316 Å². The van der Waals surface area contributed by atoms with Crippen LogP contribution in [-0.2, 0) is 39.0 Å². The van der Waals surface area contributed by atoms with Crippen LogP contribution in [0.5, 0.6) is 0 Å². The molecule has 0 amide bonds. The number of nitrogens with zero attached hydrogens (tertiary/aromatic N) is 3. The second-order valence-corrected chi connectivity index (χ2v) is 20.4. The Morgan fingerprint density at radius 1 is 0.852 bits per heavy atom. The molecule has 0 spiro atoms. The van der Waals surface area contributed by atoms with Gasteiger partial charge in [-0.1, -0.05) is 60.1 Å². The van der Waals surface area contributed by atoms with Gasteiger partial charge >= 0.3 is 13.7 Å². The predicted octanol–water partition coefficient (Wildman–Crippen LogP) is 5.67. The summed E-state index contributed by atoms with van der Waals surface area (Å²) in [7, 11) is -12.8. The number of piperidine rings is 2. The van der Waals surface area contributed by atoms with Gasteiger partial charge in [-0.2, -0.15) is 8.61 Å². The first-order valence-electron chi connectivity index (χ1n) is 18.0. The molecule has 3 aromatic carbocycles. The summed E-state index contributed by atoms with van der Waals surface area (Å²) in [5.74, 6) is -0.916. The van der Waals surface area contributed by atoms with E-state index in [0.29, 0.717) is 43.4 Å². The van der Waals surface area contributed by atoms with Crippen molar-refractivity contribution < 1.29 is 45.6 Å². The summed E-state index contributed by atoms with van der Waals surface area (Å²) in [5.41, 5.74) is 2.74. The number of benzene rings is 3. The standard InChI is InChI=1S/C35H50N5O11PS2/c1-7-25(6)32(38-52(43,44)45)35(41)50-20-51-37-34-28-10-8-26(53(46,47)39-16-21(2)12-22(3)17-39)14-30(28)33(36-42)31-15-27(9-11-29(31)34)54(48,49)40-18-23(4)13-24(5)19-40/h8-11,14-15,21-25,32,37H,7,12-13,16-20H2,1-6H3,(H3,38,43,44,45)/t21-,22+,23-,24+,25?,32?. The SMILES string of the molecule is CCC(C)C(NP(=O)(O)O)C(=O)OCONc1c2ccc(S(=O)(=O)N3C[C@H](C)C[C@H](C)C3)cc2c(N=O)c2cc(S(=O)(=O)N3C[C@H](C)C[C@H](C)C3)ccc12. The lowest BCUT2D eigenvalue weighted by Crippen LogP contribution is -2.42. The number of anilines is 1. The molecule has 2 unspecified atom stereocenters. The van der Waals surface area contributed by atoms with Gasteiger partial charge in [0.25, 0.3) is 0 Å². The van der Waals surface area contributed by atoms with E-state index in [1.165, 1.54) is 45.0 Å². The van der Waals surface area contributed by atoms with Gasteiger partial charge in [-0.3, -0.25) is 10.3 Å². The van der Waals surface area contributed by atoms with Gasteiger partial charge in [0.15, 0.2) is 0 Å². The molecule has 2 aliphatic rings. The number of nitroso groups, excluding NO2 is 1. The number of hydrogen-bond acceptors (Lipinski definition) is 11. The smallest absolute Gasteiger partial charge is 0.401 e. The van der Waals surface area contributed by atoms with Gasteiger partial charge in [0.1, 0.15) is 11.7 Å². The Bertz CT molecular complexity index is 2030. The van der Waals surface area contributed by atoms with Crippen molar-refractivity contribution >= 4 is 66.7 Å². The highest BCUT2D eigenvalue weighted by molar-refractivity contribution is 7.89. The first-order chi connectivity index (χ1) is 25.3. The summed E-state index contributed by atoms with van der Waals surface area (Å²) >= 11 is 0. The lowest BCUT2D eigenvalue weighted by Gasteiger charge is -2.34. The van der Waals surface area contributed by atoms with E-state index in [9.17, 15) is 40.9 Å². The average Bonchev–Trinajstić information content (AvgIpc) is 3.09. The third-order valence-corrected chi connectivity index (χ3v) is 14.5. The number of carbonyl (C=O) groups excluding carboxylic acids is 1. The van der Waals surface area contributed by atoms with E-state index in [4.69, 9.17) is 9.57 Å². The molecule has 0 radical (unpaired) electrons. The molecule has 0 aromatic heterocycles. The molecule has 16 nitrogen and oxygen atoms in total. The molecule has 19 heteroatoms. The Kier molecular flexibility index (Phi) is 12.9. The molecule has 2 saturated heterocycles. The fourth-order valence-electron chi connectivity index (χ4n) is 7.70. The minimum absolute atomic E-state index is 0.0740. The van der Waals surface area contributed by atoms with Crippen LogP contribution in [0, 0.1) is 34.5 Å². The zero-order valence-electron chi connectivity index (χ0n) is 31.3. The molecule has 0 saturated carbocycles. The van der Waals surface area contributed by atoms with Crippen molar-refractivity contribution in [3.05, 3.63) is 41.3 Å².